The predicted molar refractivity (Wildman–Crippen MR) is 95.9 cm³/mol. The standard InChI is InChI=1S/C19H18N2OS/c22-19(18-8-3-6-15-5-1-2-7-17(15)18)21-11-4-14-23-16-9-12-20-13-10-16/h1-3,5-10,12-13H,4,11,14H2,(H,21,22). The van der Waals surface area contributed by atoms with E-state index in [4.69, 9.17) is 0 Å². The Bertz CT molecular complexity index is 784. The van der Waals surface area contributed by atoms with Gasteiger partial charge in [-0.2, -0.15) is 0 Å². The number of rotatable bonds is 6. The van der Waals surface area contributed by atoms with Gasteiger partial charge < -0.3 is 5.32 Å². The first-order chi connectivity index (χ1) is 11.3. The van der Waals surface area contributed by atoms with E-state index in [-0.39, 0.29) is 5.91 Å². The third-order valence-corrected chi connectivity index (χ3v) is 4.66. The quantitative estimate of drug-likeness (QED) is 0.547. The smallest absolute Gasteiger partial charge is 0.251 e. The molecule has 0 fully saturated rings. The highest BCUT2D eigenvalue weighted by molar-refractivity contribution is 7.99. The van der Waals surface area contributed by atoms with Crippen molar-refractivity contribution >= 4 is 28.4 Å². The van der Waals surface area contributed by atoms with Crippen molar-refractivity contribution in [3.05, 3.63) is 72.6 Å². The molecule has 1 N–H and O–H groups in total. The summed E-state index contributed by atoms with van der Waals surface area (Å²) in [5.41, 5.74) is 0.741. The number of carbonyl (C=O) groups excluding carboxylic acids is 1. The molecule has 0 radical (unpaired) electrons. The van der Waals surface area contributed by atoms with Crippen molar-refractivity contribution in [1.29, 1.82) is 0 Å². The molecular weight excluding hydrogens is 304 g/mol. The Hall–Kier alpha value is -2.33. The zero-order chi connectivity index (χ0) is 15.9. The topological polar surface area (TPSA) is 42.0 Å². The highest BCUT2D eigenvalue weighted by Crippen LogP contribution is 2.19. The van der Waals surface area contributed by atoms with Crippen molar-refractivity contribution in [1.82, 2.24) is 10.3 Å². The van der Waals surface area contributed by atoms with Crippen LogP contribution >= 0.6 is 11.8 Å². The van der Waals surface area contributed by atoms with E-state index in [0.717, 1.165) is 28.5 Å². The number of hydrogen-bond donors (Lipinski definition) is 1. The molecule has 0 aliphatic carbocycles. The molecule has 3 aromatic rings. The van der Waals surface area contributed by atoms with Crippen LogP contribution < -0.4 is 5.32 Å². The summed E-state index contributed by atoms with van der Waals surface area (Å²) in [7, 11) is 0. The summed E-state index contributed by atoms with van der Waals surface area (Å²) in [5, 5.41) is 5.10. The van der Waals surface area contributed by atoms with Gasteiger partial charge in [-0.25, -0.2) is 0 Å². The fourth-order valence-electron chi connectivity index (χ4n) is 2.42. The van der Waals surface area contributed by atoms with Crippen molar-refractivity contribution in [2.45, 2.75) is 11.3 Å². The summed E-state index contributed by atoms with van der Waals surface area (Å²) in [5.74, 6) is 0.968. The Morgan fingerprint density at radius 3 is 2.65 bits per heavy atom. The third kappa shape index (κ3) is 4.11. The summed E-state index contributed by atoms with van der Waals surface area (Å²) < 4.78 is 0. The van der Waals surface area contributed by atoms with Crippen LogP contribution in [0, 0.1) is 0 Å². The van der Waals surface area contributed by atoms with Gasteiger partial charge in [0.05, 0.1) is 0 Å². The molecule has 2 aromatic carbocycles. The van der Waals surface area contributed by atoms with E-state index in [9.17, 15) is 4.79 Å². The maximum absolute atomic E-state index is 12.4. The maximum atomic E-state index is 12.4. The molecular formula is C19H18N2OS. The summed E-state index contributed by atoms with van der Waals surface area (Å²) in [6, 6.07) is 17.8. The summed E-state index contributed by atoms with van der Waals surface area (Å²) in [6.07, 6.45) is 4.53. The Morgan fingerprint density at radius 1 is 1.00 bits per heavy atom. The van der Waals surface area contributed by atoms with Crippen LogP contribution in [0.5, 0.6) is 0 Å². The average Bonchev–Trinajstić information content (AvgIpc) is 2.61. The van der Waals surface area contributed by atoms with Gasteiger partial charge in [-0.15, -0.1) is 11.8 Å². The normalized spacial score (nSPS) is 10.6. The van der Waals surface area contributed by atoms with Gasteiger partial charge in [-0.1, -0.05) is 36.4 Å². The number of carbonyl (C=O) groups is 1. The van der Waals surface area contributed by atoms with Crippen molar-refractivity contribution in [3.8, 4) is 0 Å². The summed E-state index contributed by atoms with van der Waals surface area (Å²) >= 11 is 1.78. The second-order valence-electron chi connectivity index (χ2n) is 5.17. The van der Waals surface area contributed by atoms with Gasteiger partial charge in [0.2, 0.25) is 0 Å². The van der Waals surface area contributed by atoms with Crippen LogP contribution in [-0.2, 0) is 0 Å². The molecule has 0 aliphatic heterocycles. The Kier molecular flexibility index (Phi) is 5.27. The molecule has 0 aliphatic rings. The van der Waals surface area contributed by atoms with E-state index in [1.807, 2.05) is 54.6 Å². The number of fused-ring (bicyclic) bond motifs is 1. The lowest BCUT2D eigenvalue weighted by Crippen LogP contribution is -2.25. The van der Waals surface area contributed by atoms with Crippen molar-refractivity contribution < 1.29 is 4.79 Å². The number of nitrogens with zero attached hydrogens (tertiary/aromatic N) is 1. The molecule has 1 amide bonds. The molecule has 0 atom stereocenters. The second-order valence-corrected chi connectivity index (χ2v) is 6.34. The van der Waals surface area contributed by atoms with Crippen molar-refractivity contribution in [3.63, 3.8) is 0 Å². The minimum Gasteiger partial charge on any atom is -0.352 e. The number of thioether (sulfide) groups is 1. The number of hydrogen-bond acceptors (Lipinski definition) is 3. The fraction of sp³-hybridized carbons (Fsp3) is 0.158. The first-order valence-electron chi connectivity index (χ1n) is 7.63. The minimum absolute atomic E-state index is 0.00397. The molecule has 1 aromatic heterocycles. The summed E-state index contributed by atoms with van der Waals surface area (Å²) in [4.78, 5) is 17.6. The van der Waals surface area contributed by atoms with Crippen molar-refractivity contribution in [2.75, 3.05) is 12.3 Å². The van der Waals surface area contributed by atoms with Crippen LogP contribution in [0.25, 0.3) is 10.8 Å². The highest BCUT2D eigenvalue weighted by atomic mass is 32.2. The third-order valence-electron chi connectivity index (χ3n) is 3.56. The summed E-state index contributed by atoms with van der Waals surface area (Å²) in [6.45, 7) is 0.681. The van der Waals surface area contributed by atoms with Crippen LogP contribution in [-0.4, -0.2) is 23.2 Å². The fourth-order valence-corrected chi connectivity index (χ4v) is 3.26. The number of aromatic nitrogens is 1. The van der Waals surface area contributed by atoms with E-state index in [0.29, 0.717) is 6.54 Å². The number of nitrogens with one attached hydrogen (secondary N) is 1. The molecule has 0 spiro atoms. The lowest BCUT2D eigenvalue weighted by molar-refractivity contribution is 0.0955. The molecule has 3 rings (SSSR count). The highest BCUT2D eigenvalue weighted by Gasteiger charge is 2.08. The lowest BCUT2D eigenvalue weighted by atomic mass is 10.0. The van der Waals surface area contributed by atoms with Crippen LogP contribution in [0.4, 0.5) is 0 Å². The molecule has 0 unspecified atom stereocenters. The van der Waals surface area contributed by atoms with Crippen LogP contribution in [0.2, 0.25) is 0 Å². The van der Waals surface area contributed by atoms with Gasteiger partial charge in [0.1, 0.15) is 0 Å². The van der Waals surface area contributed by atoms with Crippen molar-refractivity contribution in [2.24, 2.45) is 0 Å². The monoisotopic (exact) mass is 322 g/mol. The predicted octanol–water partition coefficient (Wildman–Crippen LogP) is 4.15. The van der Waals surface area contributed by atoms with Crippen LogP contribution in [0.15, 0.2) is 71.9 Å². The van der Waals surface area contributed by atoms with E-state index in [1.165, 1.54) is 4.90 Å². The first kappa shape index (κ1) is 15.6. The molecule has 23 heavy (non-hydrogen) atoms. The minimum atomic E-state index is -0.00397. The van der Waals surface area contributed by atoms with Gasteiger partial charge in [0, 0.05) is 29.4 Å². The number of pyridine rings is 1. The zero-order valence-corrected chi connectivity index (χ0v) is 13.6. The van der Waals surface area contributed by atoms with Crippen LogP contribution in [0.1, 0.15) is 16.8 Å². The second kappa shape index (κ2) is 7.79. The molecule has 1 heterocycles. The Labute approximate surface area is 140 Å². The molecule has 0 saturated carbocycles. The zero-order valence-electron chi connectivity index (χ0n) is 12.7. The van der Waals surface area contributed by atoms with Gasteiger partial charge in [-0.05, 0) is 41.1 Å². The molecule has 3 nitrogen and oxygen atoms in total. The molecule has 116 valence electrons. The van der Waals surface area contributed by atoms with E-state index in [1.54, 1.807) is 24.2 Å². The van der Waals surface area contributed by atoms with E-state index >= 15 is 0 Å². The molecule has 4 heteroatoms. The lowest BCUT2D eigenvalue weighted by Gasteiger charge is -2.08. The first-order valence-corrected chi connectivity index (χ1v) is 8.62. The Balaban J connectivity index is 1.51. The average molecular weight is 322 g/mol. The van der Waals surface area contributed by atoms with Gasteiger partial charge >= 0.3 is 0 Å². The molecule has 0 bridgehead atoms. The maximum Gasteiger partial charge on any atom is 0.251 e. The van der Waals surface area contributed by atoms with Gasteiger partial charge in [0.25, 0.3) is 5.91 Å². The largest absolute Gasteiger partial charge is 0.352 e. The van der Waals surface area contributed by atoms with Gasteiger partial charge in [-0.3, -0.25) is 9.78 Å². The van der Waals surface area contributed by atoms with E-state index < -0.39 is 0 Å². The number of amides is 1. The van der Waals surface area contributed by atoms with Gasteiger partial charge in [0.15, 0.2) is 0 Å². The van der Waals surface area contributed by atoms with Crippen LogP contribution in [0.3, 0.4) is 0 Å². The molecule has 0 saturated heterocycles. The van der Waals surface area contributed by atoms with E-state index in [2.05, 4.69) is 10.3 Å². The number of benzene rings is 2. The SMILES string of the molecule is O=C(NCCCSc1ccncc1)c1cccc2ccccc12. The Morgan fingerprint density at radius 2 is 1.78 bits per heavy atom.